The van der Waals surface area contributed by atoms with E-state index >= 15 is 0 Å². The molecule has 0 N–H and O–H groups in total. The van der Waals surface area contributed by atoms with Gasteiger partial charge in [0.2, 0.25) is 5.78 Å². The van der Waals surface area contributed by atoms with E-state index in [9.17, 15) is 14.0 Å². The number of esters is 1. The second-order valence-electron chi connectivity index (χ2n) is 6.38. The summed E-state index contributed by atoms with van der Waals surface area (Å²) in [5.74, 6) is -1.08. The highest BCUT2D eigenvalue weighted by atomic mass is 19.1. The van der Waals surface area contributed by atoms with Crippen LogP contribution in [0.1, 0.15) is 31.8 Å². The molecule has 0 aliphatic carbocycles. The van der Waals surface area contributed by atoms with Crippen LogP contribution in [0.4, 0.5) is 4.39 Å². The van der Waals surface area contributed by atoms with Gasteiger partial charge in [-0.05, 0) is 42.8 Å². The zero-order valence-electron chi connectivity index (χ0n) is 14.9. The zero-order chi connectivity index (χ0) is 19.7. The van der Waals surface area contributed by atoms with Crippen molar-refractivity contribution < 1.29 is 23.5 Å². The molecule has 4 rings (SSSR count). The van der Waals surface area contributed by atoms with E-state index in [1.165, 1.54) is 36.4 Å². The van der Waals surface area contributed by atoms with Gasteiger partial charge in [0.1, 0.15) is 17.3 Å². The molecule has 0 bridgehead atoms. The second kappa shape index (κ2) is 7.12. The van der Waals surface area contributed by atoms with Gasteiger partial charge in [-0.3, -0.25) is 4.79 Å². The highest BCUT2D eigenvalue weighted by molar-refractivity contribution is 6.14. The van der Waals surface area contributed by atoms with E-state index in [-0.39, 0.29) is 22.9 Å². The van der Waals surface area contributed by atoms with Crippen molar-refractivity contribution in [3.8, 4) is 11.5 Å². The van der Waals surface area contributed by atoms with Crippen molar-refractivity contribution in [1.29, 1.82) is 0 Å². The van der Waals surface area contributed by atoms with E-state index in [1.54, 1.807) is 12.1 Å². The summed E-state index contributed by atoms with van der Waals surface area (Å²) >= 11 is 0. The van der Waals surface area contributed by atoms with Crippen molar-refractivity contribution in [2.75, 3.05) is 0 Å². The fourth-order valence-corrected chi connectivity index (χ4v) is 2.93. The number of ketones is 1. The Morgan fingerprint density at radius 2 is 1.86 bits per heavy atom. The number of hydrogen-bond donors (Lipinski definition) is 0. The van der Waals surface area contributed by atoms with Crippen molar-refractivity contribution in [2.45, 2.75) is 6.92 Å². The molecule has 3 aromatic rings. The van der Waals surface area contributed by atoms with Gasteiger partial charge in [-0.1, -0.05) is 42.0 Å². The van der Waals surface area contributed by atoms with E-state index in [4.69, 9.17) is 9.47 Å². The summed E-state index contributed by atoms with van der Waals surface area (Å²) in [5.41, 5.74) is 2.13. The monoisotopic (exact) mass is 374 g/mol. The minimum Gasteiger partial charge on any atom is -0.452 e. The van der Waals surface area contributed by atoms with E-state index < -0.39 is 11.8 Å². The maximum absolute atomic E-state index is 13.7. The Hall–Kier alpha value is -3.73. The molecule has 1 aliphatic rings. The maximum Gasteiger partial charge on any atom is 0.346 e. The number of halogens is 1. The minimum atomic E-state index is -0.821. The summed E-state index contributed by atoms with van der Waals surface area (Å²) in [7, 11) is 0. The van der Waals surface area contributed by atoms with Gasteiger partial charge in [-0.2, -0.15) is 0 Å². The number of allylic oxidation sites excluding steroid dienone is 1. The molecular formula is C23H15FO4. The summed E-state index contributed by atoms with van der Waals surface area (Å²) in [6.07, 6.45) is 1.67. The molecule has 4 nitrogen and oxygen atoms in total. The van der Waals surface area contributed by atoms with Crippen molar-refractivity contribution in [3.05, 3.63) is 101 Å². The van der Waals surface area contributed by atoms with Gasteiger partial charge >= 0.3 is 5.97 Å². The van der Waals surface area contributed by atoms with Crippen molar-refractivity contribution in [3.63, 3.8) is 0 Å². The minimum absolute atomic E-state index is 0.164. The van der Waals surface area contributed by atoms with E-state index in [2.05, 4.69) is 0 Å². The Kier molecular flexibility index (Phi) is 4.49. The summed E-state index contributed by atoms with van der Waals surface area (Å²) in [4.78, 5) is 24.7. The average molecular weight is 374 g/mol. The first-order chi connectivity index (χ1) is 13.5. The SMILES string of the molecule is Cc1cccc(/C=C2\Oc3cc(OC(=O)c4ccccc4F)ccc3C2=O)c1. The van der Waals surface area contributed by atoms with Gasteiger partial charge in [0.25, 0.3) is 0 Å². The number of carbonyl (C=O) groups is 2. The predicted molar refractivity (Wildman–Crippen MR) is 102 cm³/mol. The van der Waals surface area contributed by atoms with Crippen LogP contribution < -0.4 is 9.47 Å². The number of Topliss-reactive ketones (excluding diaryl/α,β-unsaturated/α-hetero) is 1. The standard InChI is InChI=1S/C23H15FO4/c1-14-5-4-6-15(11-14)12-21-22(25)18-10-9-16(13-20(18)28-21)27-23(26)17-7-2-3-8-19(17)24/h2-13H,1H3/b21-12-. The van der Waals surface area contributed by atoms with Crippen LogP contribution in [0.3, 0.4) is 0 Å². The fourth-order valence-electron chi connectivity index (χ4n) is 2.93. The Morgan fingerprint density at radius 3 is 2.64 bits per heavy atom. The van der Waals surface area contributed by atoms with Crippen LogP contribution >= 0.6 is 0 Å². The Morgan fingerprint density at radius 1 is 1.04 bits per heavy atom. The molecule has 0 unspecified atom stereocenters. The number of fused-ring (bicyclic) bond motifs is 1. The highest BCUT2D eigenvalue weighted by Gasteiger charge is 2.28. The smallest absolute Gasteiger partial charge is 0.346 e. The van der Waals surface area contributed by atoms with Crippen molar-refractivity contribution >= 4 is 17.8 Å². The second-order valence-corrected chi connectivity index (χ2v) is 6.38. The molecule has 1 heterocycles. The van der Waals surface area contributed by atoms with Crippen LogP contribution in [0.5, 0.6) is 11.5 Å². The molecule has 0 atom stereocenters. The zero-order valence-corrected chi connectivity index (χ0v) is 14.9. The Bertz CT molecular complexity index is 1130. The van der Waals surface area contributed by atoms with E-state index in [0.29, 0.717) is 11.3 Å². The molecule has 1 aliphatic heterocycles. The summed E-state index contributed by atoms with van der Waals surface area (Å²) in [6.45, 7) is 1.96. The Balaban J connectivity index is 1.57. The van der Waals surface area contributed by atoms with Crippen molar-refractivity contribution in [2.24, 2.45) is 0 Å². The van der Waals surface area contributed by atoms with Gasteiger partial charge in [0.05, 0.1) is 11.1 Å². The first-order valence-corrected chi connectivity index (χ1v) is 8.63. The van der Waals surface area contributed by atoms with Crippen LogP contribution in [-0.2, 0) is 0 Å². The molecule has 28 heavy (non-hydrogen) atoms. The quantitative estimate of drug-likeness (QED) is 0.369. The Labute approximate surface area is 160 Å². The van der Waals surface area contributed by atoms with Crippen LogP contribution in [0.25, 0.3) is 6.08 Å². The lowest BCUT2D eigenvalue weighted by molar-refractivity contribution is 0.0729. The van der Waals surface area contributed by atoms with Crippen LogP contribution in [0, 0.1) is 12.7 Å². The summed E-state index contributed by atoms with van der Waals surface area (Å²) in [5, 5.41) is 0. The number of hydrogen-bond acceptors (Lipinski definition) is 4. The van der Waals surface area contributed by atoms with E-state index in [1.807, 2.05) is 31.2 Å². The summed E-state index contributed by atoms with van der Waals surface area (Å²) in [6, 6.07) is 17.7. The largest absolute Gasteiger partial charge is 0.452 e. The van der Waals surface area contributed by atoms with Gasteiger partial charge < -0.3 is 9.47 Å². The molecule has 0 amide bonds. The highest BCUT2D eigenvalue weighted by Crippen LogP contribution is 2.35. The van der Waals surface area contributed by atoms with Crippen LogP contribution in [-0.4, -0.2) is 11.8 Å². The molecular weight excluding hydrogens is 359 g/mol. The lowest BCUT2D eigenvalue weighted by Crippen LogP contribution is -2.10. The molecule has 5 heteroatoms. The fraction of sp³-hybridized carbons (Fsp3) is 0.0435. The van der Waals surface area contributed by atoms with Gasteiger partial charge in [0, 0.05) is 6.07 Å². The van der Waals surface area contributed by atoms with Crippen LogP contribution in [0.2, 0.25) is 0 Å². The topological polar surface area (TPSA) is 52.6 Å². The third kappa shape index (κ3) is 3.42. The number of benzene rings is 3. The summed E-state index contributed by atoms with van der Waals surface area (Å²) < 4.78 is 24.6. The molecule has 0 saturated heterocycles. The van der Waals surface area contributed by atoms with Gasteiger partial charge in [-0.25, -0.2) is 9.18 Å². The molecule has 138 valence electrons. The molecule has 0 aromatic heterocycles. The average Bonchev–Trinajstić information content (AvgIpc) is 2.97. The third-order valence-corrected chi connectivity index (χ3v) is 4.29. The normalized spacial score (nSPS) is 13.9. The lowest BCUT2D eigenvalue weighted by atomic mass is 10.1. The molecule has 0 radical (unpaired) electrons. The molecule has 0 spiro atoms. The van der Waals surface area contributed by atoms with Gasteiger partial charge in [-0.15, -0.1) is 0 Å². The number of ether oxygens (including phenoxy) is 2. The number of aryl methyl sites for hydroxylation is 1. The van der Waals surface area contributed by atoms with Gasteiger partial charge in [0.15, 0.2) is 5.76 Å². The third-order valence-electron chi connectivity index (χ3n) is 4.29. The lowest BCUT2D eigenvalue weighted by Gasteiger charge is -2.06. The predicted octanol–water partition coefficient (Wildman–Crippen LogP) is 4.97. The maximum atomic E-state index is 13.7. The number of rotatable bonds is 3. The first-order valence-electron chi connectivity index (χ1n) is 8.63. The number of carbonyl (C=O) groups excluding carboxylic acids is 2. The van der Waals surface area contributed by atoms with Crippen LogP contribution in [0.15, 0.2) is 72.5 Å². The molecule has 0 saturated carbocycles. The molecule has 3 aromatic carbocycles. The van der Waals surface area contributed by atoms with E-state index in [0.717, 1.165) is 11.1 Å². The molecule has 0 fully saturated rings. The first kappa shape index (κ1) is 17.7. The van der Waals surface area contributed by atoms with Crippen molar-refractivity contribution in [1.82, 2.24) is 0 Å².